The van der Waals surface area contributed by atoms with Crippen molar-refractivity contribution in [1.29, 1.82) is 0 Å². The topological polar surface area (TPSA) is 72.2 Å². The Morgan fingerprint density at radius 2 is 1.96 bits per heavy atom. The van der Waals surface area contributed by atoms with Gasteiger partial charge < -0.3 is 5.32 Å². The molecule has 0 radical (unpaired) electrons. The molecule has 2 heterocycles. The van der Waals surface area contributed by atoms with Crippen molar-refractivity contribution in [3.05, 3.63) is 59.4 Å². The summed E-state index contributed by atoms with van der Waals surface area (Å²) in [5.74, 6) is 0.697. The van der Waals surface area contributed by atoms with Crippen molar-refractivity contribution in [2.45, 2.75) is 32.3 Å². The van der Waals surface area contributed by atoms with Crippen LogP contribution >= 0.6 is 11.8 Å². The molecule has 0 saturated carbocycles. The number of thioether (sulfide) groups is 1. The number of allylic oxidation sites excluding steroid dienone is 1. The van der Waals surface area contributed by atoms with Gasteiger partial charge in [0.05, 0.1) is 5.75 Å². The van der Waals surface area contributed by atoms with E-state index in [9.17, 15) is 4.79 Å². The Balaban J connectivity index is 1.71. The Morgan fingerprint density at radius 3 is 2.65 bits per heavy atom. The van der Waals surface area contributed by atoms with Gasteiger partial charge in [0.2, 0.25) is 11.1 Å². The smallest absolute Gasteiger partial charge is 0.253 e. The predicted molar refractivity (Wildman–Crippen MR) is 105 cm³/mol. The Hall–Kier alpha value is -2.67. The Labute approximate surface area is 156 Å². The highest BCUT2D eigenvalue weighted by Crippen LogP contribution is 2.19. The minimum Gasteiger partial charge on any atom is -0.325 e. The average Bonchev–Trinajstić information content (AvgIpc) is 3.02. The van der Waals surface area contributed by atoms with Crippen LogP contribution in [-0.4, -0.2) is 31.2 Å². The zero-order valence-electron chi connectivity index (χ0n) is 15.1. The maximum atomic E-state index is 12.1. The number of carbonyl (C=O) groups is 1. The van der Waals surface area contributed by atoms with Gasteiger partial charge in [-0.2, -0.15) is 4.98 Å². The summed E-state index contributed by atoms with van der Waals surface area (Å²) in [6.07, 6.45) is 2.59. The lowest BCUT2D eigenvalue weighted by Gasteiger charge is -2.07. The zero-order valence-corrected chi connectivity index (χ0v) is 15.9. The molecule has 2 aromatic heterocycles. The van der Waals surface area contributed by atoms with Crippen LogP contribution in [0, 0.1) is 20.8 Å². The number of aromatic nitrogens is 4. The molecule has 0 aliphatic rings. The third-order valence-corrected chi connectivity index (χ3v) is 4.88. The van der Waals surface area contributed by atoms with Crippen molar-refractivity contribution >= 4 is 29.1 Å². The molecular formula is C19H21N5OS. The highest BCUT2D eigenvalue weighted by Gasteiger charge is 2.14. The first kappa shape index (κ1) is 18.1. The first-order valence-corrected chi connectivity index (χ1v) is 9.29. The van der Waals surface area contributed by atoms with Crippen LogP contribution in [0.2, 0.25) is 0 Å². The van der Waals surface area contributed by atoms with E-state index < -0.39 is 0 Å². The van der Waals surface area contributed by atoms with E-state index in [-0.39, 0.29) is 11.7 Å². The molecule has 1 aromatic carbocycles. The van der Waals surface area contributed by atoms with Crippen LogP contribution in [0.1, 0.15) is 22.5 Å². The number of fused-ring (bicyclic) bond motifs is 1. The van der Waals surface area contributed by atoms with E-state index in [1.54, 1.807) is 4.52 Å². The molecule has 1 amide bonds. The summed E-state index contributed by atoms with van der Waals surface area (Å²) in [5, 5.41) is 7.89. The van der Waals surface area contributed by atoms with Crippen LogP contribution in [-0.2, 0) is 11.2 Å². The van der Waals surface area contributed by atoms with Crippen molar-refractivity contribution in [1.82, 2.24) is 19.6 Å². The first-order valence-electron chi connectivity index (χ1n) is 8.31. The minimum atomic E-state index is -0.0917. The summed E-state index contributed by atoms with van der Waals surface area (Å²) in [6.45, 7) is 9.75. The van der Waals surface area contributed by atoms with Gasteiger partial charge in [-0.15, -0.1) is 11.7 Å². The summed E-state index contributed by atoms with van der Waals surface area (Å²) >= 11 is 1.30. The fourth-order valence-electron chi connectivity index (χ4n) is 2.65. The number of amides is 1. The molecule has 0 unspecified atom stereocenters. The Bertz CT molecular complexity index is 962. The molecule has 0 aliphatic heterocycles. The van der Waals surface area contributed by atoms with Crippen molar-refractivity contribution in [2.24, 2.45) is 0 Å². The van der Waals surface area contributed by atoms with Crippen LogP contribution in [0.3, 0.4) is 0 Å². The SMILES string of the molecule is C=CCc1c(C)nc2nc(SCC(=O)Nc3ccc(C)cc3)nn2c1C. The predicted octanol–water partition coefficient (Wildman–Crippen LogP) is 3.51. The molecule has 3 rings (SSSR count). The summed E-state index contributed by atoms with van der Waals surface area (Å²) < 4.78 is 1.73. The van der Waals surface area contributed by atoms with Gasteiger partial charge >= 0.3 is 0 Å². The molecule has 26 heavy (non-hydrogen) atoms. The first-order chi connectivity index (χ1) is 12.5. The van der Waals surface area contributed by atoms with Crippen LogP contribution < -0.4 is 5.32 Å². The average molecular weight is 367 g/mol. The van der Waals surface area contributed by atoms with Gasteiger partial charge in [-0.3, -0.25) is 4.79 Å². The lowest BCUT2D eigenvalue weighted by atomic mass is 10.1. The van der Waals surface area contributed by atoms with Gasteiger partial charge in [-0.05, 0) is 44.9 Å². The number of hydrogen-bond donors (Lipinski definition) is 1. The number of hydrogen-bond acceptors (Lipinski definition) is 5. The van der Waals surface area contributed by atoms with Crippen molar-refractivity contribution in [3.63, 3.8) is 0 Å². The van der Waals surface area contributed by atoms with Crippen LogP contribution in [0.25, 0.3) is 5.78 Å². The molecule has 0 bridgehead atoms. The fourth-order valence-corrected chi connectivity index (χ4v) is 3.27. The molecule has 1 N–H and O–H groups in total. The number of nitrogens with zero attached hydrogens (tertiary/aromatic N) is 4. The maximum absolute atomic E-state index is 12.1. The lowest BCUT2D eigenvalue weighted by Crippen LogP contribution is -2.14. The maximum Gasteiger partial charge on any atom is 0.253 e. The van der Waals surface area contributed by atoms with Crippen LogP contribution in [0.4, 0.5) is 5.69 Å². The van der Waals surface area contributed by atoms with Crippen molar-refractivity contribution in [2.75, 3.05) is 11.1 Å². The molecule has 134 valence electrons. The summed E-state index contributed by atoms with van der Waals surface area (Å²) in [4.78, 5) is 21.1. The number of rotatable bonds is 6. The standard InChI is InChI=1S/C19H21N5OS/c1-5-6-16-13(3)20-18-22-19(23-24(18)14(16)4)26-11-17(25)21-15-9-7-12(2)8-10-15/h5,7-10H,1,6,11H2,2-4H3,(H,21,25). The van der Waals surface area contributed by atoms with E-state index in [4.69, 9.17) is 0 Å². The third-order valence-electron chi connectivity index (χ3n) is 4.05. The lowest BCUT2D eigenvalue weighted by molar-refractivity contribution is -0.113. The summed E-state index contributed by atoms with van der Waals surface area (Å²) in [6, 6.07) is 7.70. The summed E-state index contributed by atoms with van der Waals surface area (Å²) in [7, 11) is 0. The van der Waals surface area contributed by atoms with Crippen molar-refractivity contribution < 1.29 is 4.79 Å². The van der Waals surface area contributed by atoms with E-state index in [0.29, 0.717) is 10.9 Å². The van der Waals surface area contributed by atoms with Gasteiger partial charge in [0.15, 0.2) is 0 Å². The largest absolute Gasteiger partial charge is 0.325 e. The molecular weight excluding hydrogens is 346 g/mol. The monoisotopic (exact) mass is 367 g/mol. The Morgan fingerprint density at radius 1 is 1.23 bits per heavy atom. The number of anilines is 1. The fraction of sp³-hybridized carbons (Fsp3) is 0.263. The molecule has 0 atom stereocenters. The van der Waals surface area contributed by atoms with E-state index in [2.05, 4.69) is 27.0 Å². The summed E-state index contributed by atoms with van der Waals surface area (Å²) in [5.41, 5.74) is 4.96. The van der Waals surface area contributed by atoms with Gasteiger partial charge in [0.25, 0.3) is 5.78 Å². The molecule has 7 heteroatoms. The van der Waals surface area contributed by atoms with E-state index in [0.717, 1.165) is 34.6 Å². The highest BCUT2D eigenvalue weighted by atomic mass is 32.2. The van der Waals surface area contributed by atoms with E-state index >= 15 is 0 Å². The molecule has 0 saturated heterocycles. The Kier molecular flexibility index (Phi) is 5.37. The molecule has 3 aromatic rings. The van der Waals surface area contributed by atoms with Gasteiger partial charge in [-0.25, -0.2) is 9.50 Å². The van der Waals surface area contributed by atoms with E-state index in [1.165, 1.54) is 11.8 Å². The van der Waals surface area contributed by atoms with E-state index in [1.807, 2.05) is 51.1 Å². The molecule has 0 fully saturated rings. The van der Waals surface area contributed by atoms with Crippen LogP contribution in [0.15, 0.2) is 42.1 Å². The van der Waals surface area contributed by atoms with Gasteiger partial charge in [0.1, 0.15) is 0 Å². The molecule has 0 aliphatic carbocycles. The highest BCUT2D eigenvalue weighted by molar-refractivity contribution is 7.99. The number of benzene rings is 1. The number of aryl methyl sites for hydroxylation is 3. The van der Waals surface area contributed by atoms with Gasteiger partial charge in [0, 0.05) is 17.1 Å². The van der Waals surface area contributed by atoms with Gasteiger partial charge in [-0.1, -0.05) is 35.5 Å². The normalized spacial score (nSPS) is 10.9. The van der Waals surface area contributed by atoms with Crippen LogP contribution in [0.5, 0.6) is 0 Å². The second-order valence-electron chi connectivity index (χ2n) is 6.06. The third kappa shape index (κ3) is 3.94. The second kappa shape index (κ2) is 7.70. The number of nitrogens with one attached hydrogen (secondary N) is 1. The zero-order chi connectivity index (χ0) is 18.7. The molecule has 0 spiro atoms. The van der Waals surface area contributed by atoms with Crippen molar-refractivity contribution in [3.8, 4) is 0 Å². The minimum absolute atomic E-state index is 0.0917. The second-order valence-corrected chi connectivity index (χ2v) is 7.01. The number of carbonyl (C=O) groups excluding carboxylic acids is 1. The quantitative estimate of drug-likeness (QED) is 0.533. The molecule has 6 nitrogen and oxygen atoms in total.